The van der Waals surface area contributed by atoms with Crippen molar-refractivity contribution < 1.29 is 14.6 Å². The molecule has 1 aromatic rings. The van der Waals surface area contributed by atoms with Crippen molar-refractivity contribution >= 4 is 17.2 Å². The average Bonchev–Trinajstić information content (AvgIpc) is 2.39. The van der Waals surface area contributed by atoms with Gasteiger partial charge in [-0.2, -0.15) is 5.10 Å². The summed E-state index contributed by atoms with van der Waals surface area (Å²) in [5.41, 5.74) is 4.75. The van der Waals surface area contributed by atoms with Gasteiger partial charge in [-0.3, -0.25) is 10.2 Å². The standard InChI is InChI=1S/C15H20N2O3/c1-15(2)9-14(19)13(10-20-15)17-16-12-5-3-11(4-6-12)7-8-18/h3-6,16,18H,7-10H2,1-2H3/b17-13+. The van der Waals surface area contributed by atoms with E-state index < -0.39 is 5.60 Å². The molecule has 0 spiro atoms. The predicted molar refractivity (Wildman–Crippen MR) is 77.9 cm³/mol. The molecule has 5 heteroatoms. The zero-order valence-electron chi connectivity index (χ0n) is 11.8. The molecule has 20 heavy (non-hydrogen) atoms. The highest BCUT2D eigenvalue weighted by atomic mass is 16.5. The molecule has 0 aliphatic carbocycles. The van der Waals surface area contributed by atoms with Gasteiger partial charge in [-0.15, -0.1) is 0 Å². The molecule has 0 amide bonds. The molecule has 0 bridgehead atoms. The smallest absolute Gasteiger partial charge is 0.184 e. The second-order valence-electron chi connectivity index (χ2n) is 5.49. The number of hydrogen-bond donors (Lipinski definition) is 2. The minimum absolute atomic E-state index is 0.0191. The number of aliphatic hydroxyl groups excluding tert-OH is 1. The quantitative estimate of drug-likeness (QED) is 0.822. The van der Waals surface area contributed by atoms with Crippen molar-refractivity contribution in [3.8, 4) is 0 Å². The Labute approximate surface area is 118 Å². The highest BCUT2D eigenvalue weighted by molar-refractivity contribution is 6.41. The number of benzene rings is 1. The molecule has 5 nitrogen and oxygen atoms in total. The van der Waals surface area contributed by atoms with Gasteiger partial charge in [0.25, 0.3) is 0 Å². The maximum absolute atomic E-state index is 11.9. The molecular weight excluding hydrogens is 256 g/mol. The first kappa shape index (κ1) is 14.7. The van der Waals surface area contributed by atoms with E-state index >= 15 is 0 Å². The van der Waals surface area contributed by atoms with Gasteiger partial charge < -0.3 is 9.84 Å². The Balaban J connectivity index is 1.97. The summed E-state index contributed by atoms with van der Waals surface area (Å²) < 4.78 is 5.57. The van der Waals surface area contributed by atoms with Gasteiger partial charge >= 0.3 is 0 Å². The molecule has 1 saturated heterocycles. The van der Waals surface area contributed by atoms with Crippen LogP contribution in [0, 0.1) is 0 Å². The van der Waals surface area contributed by atoms with Gasteiger partial charge in [-0.1, -0.05) is 12.1 Å². The molecular formula is C15H20N2O3. The molecule has 108 valence electrons. The van der Waals surface area contributed by atoms with Gasteiger partial charge in [-0.25, -0.2) is 0 Å². The number of ketones is 1. The van der Waals surface area contributed by atoms with E-state index in [4.69, 9.17) is 9.84 Å². The molecule has 0 saturated carbocycles. The van der Waals surface area contributed by atoms with Crippen LogP contribution in [0.4, 0.5) is 5.69 Å². The van der Waals surface area contributed by atoms with E-state index in [2.05, 4.69) is 10.5 Å². The second-order valence-corrected chi connectivity index (χ2v) is 5.49. The van der Waals surface area contributed by atoms with Crippen LogP contribution in [0.25, 0.3) is 0 Å². The van der Waals surface area contributed by atoms with Crippen LogP contribution in [-0.4, -0.2) is 35.4 Å². The van der Waals surface area contributed by atoms with E-state index in [-0.39, 0.29) is 19.0 Å². The van der Waals surface area contributed by atoms with Crippen LogP contribution in [0.3, 0.4) is 0 Å². The molecule has 1 aliphatic rings. The number of nitrogens with one attached hydrogen (secondary N) is 1. The van der Waals surface area contributed by atoms with Gasteiger partial charge in [0.1, 0.15) is 5.71 Å². The van der Waals surface area contributed by atoms with Crippen LogP contribution in [0.2, 0.25) is 0 Å². The lowest BCUT2D eigenvalue weighted by Crippen LogP contribution is -2.40. The molecule has 2 rings (SSSR count). The lowest BCUT2D eigenvalue weighted by atomic mass is 9.96. The number of carbonyl (C=O) groups excluding carboxylic acids is 1. The topological polar surface area (TPSA) is 70.9 Å². The number of ether oxygens (including phenoxy) is 1. The van der Waals surface area contributed by atoms with Crippen LogP contribution in [0.15, 0.2) is 29.4 Å². The van der Waals surface area contributed by atoms with Crippen LogP contribution in [0.1, 0.15) is 25.8 Å². The third-order valence-corrected chi connectivity index (χ3v) is 3.18. The van der Waals surface area contributed by atoms with E-state index in [9.17, 15) is 4.79 Å². The van der Waals surface area contributed by atoms with E-state index in [1.165, 1.54) is 0 Å². The number of rotatable bonds is 4. The molecule has 0 radical (unpaired) electrons. The zero-order chi connectivity index (χ0) is 14.6. The van der Waals surface area contributed by atoms with E-state index in [1.807, 2.05) is 38.1 Å². The summed E-state index contributed by atoms with van der Waals surface area (Å²) in [5.74, 6) is 0.0191. The molecule has 0 atom stereocenters. The highest BCUT2D eigenvalue weighted by Crippen LogP contribution is 2.20. The fourth-order valence-corrected chi connectivity index (χ4v) is 1.99. The zero-order valence-corrected chi connectivity index (χ0v) is 11.8. The first-order valence-electron chi connectivity index (χ1n) is 6.70. The molecule has 0 aromatic heterocycles. The Morgan fingerprint density at radius 1 is 1.35 bits per heavy atom. The third-order valence-electron chi connectivity index (χ3n) is 3.18. The second kappa shape index (κ2) is 6.15. The Kier molecular flexibility index (Phi) is 4.52. The summed E-state index contributed by atoms with van der Waals surface area (Å²) in [5, 5.41) is 13.0. The number of Topliss-reactive ketones (excluding diaryl/α,β-unsaturated/α-hetero) is 1. The monoisotopic (exact) mass is 276 g/mol. The molecule has 1 aliphatic heterocycles. The number of nitrogens with zero attached hydrogens (tertiary/aromatic N) is 1. The summed E-state index contributed by atoms with van der Waals surface area (Å²) in [6.45, 7) is 4.17. The minimum atomic E-state index is -0.401. The first-order chi connectivity index (χ1) is 9.50. The maximum Gasteiger partial charge on any atom is 0.184 e. The lowest BCUT2D eigenvalue weighted by Gasteiger charge is -2.29. The largest absolute Gasteiger partial charge is 0.396 e. The maximum atomic E-state index is 11.9. The van der Waals surface area contributed by atoms with Gasteiger partial charge in [0, 0.05) is 13.0 Å². The Hall–Kier alpha value is -1.72. The summed E-state index contributed by atoms with van der Waals surface area (Å²) >= 11 is 0. The number of hydrogen-bond acceptors (Lipinski definition) is 5. The molecule has 1 heterocycles. The SMILES string of the molecule is CC1(C)CC(=O)/C(=N/Nc2ccc(CCO)cc2)CO1. The number of carbonyl (C=O) groups is 1. The minimum Gasteiger partial charge on any atom is -0.396 e. The molecule has 0 unspecified atom stereocenters. The fourth-order valence-electron chi connectivity index (χ4n) is 1.99. The summed E-state index contributed by atoms with van der Waals surface area (Å²) in [6.07, 6.45) is 0.985. The number of aliphatic hydroxyl groups is 1. The fraction of sp³-hybridized carbons (Fsp3) is 0.467. The third kappa shape index (κ3) is 3.88. The predicted octanol–water partition coefficient (Wildman–Crippen LogP) is 1.76. The van der Waals surface area contributed by atoms with Crippen molar-refractivity contribution in [3.63, 3.8) is 0 Å². The average molecular weight is 276 g/mol. The lowest BCUT2D eigenvalue weighted by molar-refractivity contribution is -0.122. The Morgan fingerprint density at radius 3 is 2.65 bits per heavy atom. The highest BCUT2D eigenvalue weighted by Gasteiger charge is 2.31. The molecule has 2 N–H and O–H groups in total. The van der Waals surface area contributed by atoms with Gasteiger partial charge in [0.15, 0.2) is 5.78 Å². The summed E-state index contributed by atoms with van der Waals surface area (Å²) in [7, 11) is 0. The Morgan fingerprint density at radius 2 is 2.05 bits per heavy atom. The van der Waals surface area contributed by atoms with E-state index in [1.54, 1.807) is 0 Å². The van der Waals surface area contributed by atoms with Crippen molar-refractivity contribution in [1.82, 2.24) is 0 Å². The van der Waals surface area contributed by atoms with Crippen molar-refractivity contribution in [2.75, 3.05) is 18.6 Å². The first-order valence-corrected chi connectivity index (χ1v) is 6.70. The Bertz CT molecular complexity index is 506. The van der Waals surface area contributed by atoms with Gasteiger partial charge in [0.2, 0.25) is 0 Å². The van der Waals surface area contributed by atoms with E-state index in [0.29, 0.717) is 18.6 Å². The van der Waals surface area contributed by atoms with Crippen molar-refractivity contribution in [2.45, 2.75) is 32.3 Å². The van der Waals surface area contributed by atoms with Crippen LogP contribution in [0.5, 0.6) is 0 Å². The molecule has 1 aromatic carbocycles. The van der Waals surface area contributed by atoms with Gasteiger partial charge in [-0.05, 0) is 38.0 Å². The normalized spacial score (nSPS) is 20.1. The van der Waals surface area contributed by atoms with Crippen LogP contribution in [-0.2, 0) is 16.0 Å². The van der Waals surface area contributed by atoms with Crippen molar-refractivity contribution in [3.05, 3.63) is 29.8 Å². The number of anilines is 1. The van der Waals surface area contributed by atoms with Crippen molar-refractivity contribution in [2.24, 2.45) is 5.10 Å². The number of hydrazone groups is 1. The van der Waals surface area contributed by atoms with Crippen LogP contribution >= 0.6 is 0 Å². The van der Waals surface area contributed by atoms with Gasteiger partial charge in [0.05, 0.1) is 17.9 Å². The van der Waals surface area contributed by atoms with E-state index in [0.717, 1.165) is 11.3 Å². The summed E-state index contributed by atoms with van der Waals surface area (Å²) in [6, 6.07) is 7.57. The molecule has 1 fully saturated rings. The summed E-state index contributed by atoms with van der Waals surface area (Å²) in [4.78, 5) is 11.9. The van der Waals surface area contributed by atoms with Crippen molar-refractivity contribution in [1.29, 1.82) is 0 Å². The van der Waals surface area contributed by atoms with Crippen LogP contribution < -0.4 is 5.43 Å².